The molecule has 18 heteroatoms. The first-order valence-corrected chi connectivity index (χ1v) is 19.3. The van der Waals surface area contributed by atoms with Crippen LogP contribution >= 0.6 is 0 Å². The summed E-state index contributed by atoms with van der Waals surface area (Å²) >= 11 is 0. The number of aromatic nitrogens is 4. The van der Waals surface area contributed by atoms with Crippen LogP contribution in [-0.2, 0) is 14.3 Å². The highest BCUT2D eigenvalue weighted by molar-refractivity contribution is 5.85. The number of nitrogens with zero attached hydrogens (tertiary/aromatic N) is 5. The van der Waals surface area contributed by atoms with Gasteiger partial charge in [-0.3, -0.25) is 4.79 Å². The molecule has 4 heterocycles. The maximum atomic E-state index is 13.5. The molecule has 3 fully saturated rings. The molecule has 1 saturated carbocycles. The number of aliphatic hydroxyl groups is 1. The number of carbonyl (C=O) groups is 3. The number of urea groups is 1. The second-order valence-electron chi connectivity index (χ2n) is 14.7. The molecular weight excluding hydrogens is 745 g/mol. The number of halogens is 3. The number of nitrogens with one attached hydrogen (secondary N) is 5. The van der Waals surface area contributed by atoms with Gasteiger partial charge in [-0.25, -0.2) is 14.6 Å². The molecule has 4 aromatic rings. The van der Waals surface area contributed by atoms with Crippen LogP contribution in [0.4, 0.5) is 29.7 Å². The predicted molar refractivity (Wildman–Crippen MR) is 205 cm³/mol. The molecule has 6 atom stereocenters. The summed E-state index contributed by atoms with van der Waals surface area (Å²) < 4.78 is 46.9. The molecule has 2 aromatic heterocycles. The van der Waals surface area contributed by atoms with Gasteiger partial charge in [0, 0.05) is 50.6 Å². The number of imidazole rings is 1. The first-order valence-electron chi connectivity index (χ1n) is 19.3. The van der Waals surface area contributed by atoms with E-state index in [0.717, 1.165) is 24.1 Å². The maximum Gasteiger partial charge on any atom is 0.490 e. The molecule has 0 spiro atoms. The number of aliphatic hydroxyl groups excluding tert-OH is 1. The summed E-state index contributed by atoms with van der Waals surface area (Å²) in [6, 6.07) is 17.7. The van der Waals surface area contributed by atoms with Crippen LogP contribution < -0.4 is 31.5 Å². The van der Waals surface area contributed by atoms with Gasteiger partial charge in [0.05, 0.1) is 18.4 Å². The first-order chi connectivity index (χ1) is 27.5. The standard InChI is InChI=1S/C39H47F3N10O5/c1-2-30(53)48-28-19-29(33(32(28)54)57-36(55)39(40,41)42)52-22-45-31-34(44-17-14-27(23-9-5-3-6-10-23)24-11-7-4-8-12-24)49-37(50-35(31)52)51-18-15-26(21-51)47-38(56)46-25-13-16-43-20-25/h3-12,22,25-29,32-33,43,54H,2,13-21H2,1H3,(H,48,53)(H,44,49,50)(H2,46,47,56)/t25-,26-,28+,29-,32-,33+/m1/s1. The van der Waals surface area contributed by atoms with Gasteiger partial charge >= 0.3 is 18.2 Å². The van der Waals surface area contributed by atoms with Crippen LogP contribution in [0.2, 0.25) is 0 Å². The molecule has 2 aromatic carbocycles. The minimum Gasteiger partial charge on any atom is -0.451 e. The van der Waals surface area contributed by atoms with E-state index in [4.69, 9.17) is 14.7 Å². The highest BCUT2D eigenvalue weighted by Crippen LogP contribution is 2.38. The van der Waals surface area contributed by atoms with Gasteiger partial charge in [-0.1, -0.05) is 67.6 Å². The fourth-order valence-corrected chi connectivity index (χ4v) is 7.95. The van der Waals surface area contributed by atoms with E-state index in [-0.39, 0.29) is 48.5 Å². The van der Waals surface area contributed by atoms with Crippen LogP contribution in [0.1, 0.15) is 62.1 Å². The summed E-state index contributed by atoms with van der Waals surface area (Å²) in [6.45, 7) is 4.49. The van der Waals surface area contributed by atoms with Gasteiger partial charge in [0.15, 0.2) is 23.1 Å². The lowest BCUT2D eigenvalue weighted by Gasteiger charge is -2.25. The Hall–Kier alpha value is -5.49. The lowest BCUT2D eigenvalue weighted by molar-refractivity contribution is -0.209. The van der Waals surface area contributed by atoms with E-state index < -0.39 is 42.3 Å². The molecule has 15 nitrogen and oxygen atoms in total. The zero-order valence-electron chi connectivity index (χ0n) is 31.4. The lowest BCUT2D eigenvalue weighted by Crippen LogP contribution is -2.47. The van der Waals surface area contributed by atoms with Crippen molar-refractivity contribution in [3.63, 3.8) is 0 Å². The fraction of sp³-hybridized carbons (Fsp3) is 0.487. The highest BCUT2D eigenvalue weighted by atomic mass is 19.4. The number of hydrogen-bond acceptors (Lipinski definition) is 11. The number of carbonyl (C=O) groups excluding carboxylic acids is 3. The van der Waals surface area contributed by atoms with E-state index in [1.807, 2.05) is 41.3 Å². The number of alkyl halides is 3. The first kappa shape index (κ1) is 39.7. The molecule has 0 radical (unpaired) electrons. The number of ether oxygens (including phenoxy) is 1. The van der Waals surface area contributed by atoms with Crippen molar-refractivity contribution in [3.8, 4) is 0 Å². The van der Waals surface area contributed by atoms with E-state index in [0.29, 0.717) is 50.4 Å². The minimum absolute atomic E-state index is 0.0464. The number of rotatable bonds is 13. The van der Waals surface area contributed by atoms with Gasteiger partial charge in [-0.05, 0) is 43.4 Å². The summed E-state index contributed by atoms with van der Waals surface area (Å²) in [5, 5.41) is 26.5. The Bertz CT molecular complexity index is 1970. The third-order valence-electron chi connectivity index (χ3n) is 10.9. The zero-order chi connectivity index (χ0) is 40.1. The van der Waals surface area contributed by atoms with Crippen molar-refractivity contribution in [2.24, 2.45) is 0 Å². The predicted octanol–water partition coefficient (Wildman–Crippen LogP) is 3.37. The summed E-state index contributed by atoms with van der Waals surface area (Å²) in [5.41, 5.74) is 2.80. The van der Waals surface area contributed by atoms with Crippen molar-refractivity contribution in [3.05, 3.63) is 78.1 Å². The van der Waals surface area contributed by atoms with E-state index >= 15 is 0 Å². The normalized spacial score (nSPS) is 23.5. The van der Waals surface area contributed by atoms with Crippen LogP contribution in [0.3, 0.4) is 0 Å². The monoisotopic (exact) mass is 792 g/mol. The molecule has 3 aliphatic rings. The van der Waals surface area contributed by atoms with Crippen LogP contribution in [0.5, 0.6) is 0 Å². The van der Waals surface area contributed by atoms with E-state index in [2.05, 4.69) is 55.8 Å². The van der Waals surface area contributed by atoms with E-state index in [9.17, 15) is 32.7 Å². The molecule has 1 aliphatic carbocycles. The third-order valence-corrected chi connectivity index (χ3v) is 10.9. The lowest BCUT2D eigenvalue weighted by atomic mass is 9.88. The fourth-order valence-electron chi connectivity index (χ4n) is 7.95. The third kappa shape index (κ3) is 9.23. The second kappa shape index (κ2) is 17.3. The molecule has 0 bridgehead atoms. The molecule has 0 unspecified atom stereocenters. The number of benzene rings is 2. The van der Waals surface area contributed by atoms with Gasteiger partial charge in [0.1, 0.15) is 6.10 Å². The van der Waals surface area contributed by atoms with Crippen molar-refractivity contribution < 1.29 is 37.4 Å². The molecule has 57 heavy (non-hydrogen) atoms. The Morgan fingerprint density at radius 1 is 0.982 bits per heavy atom. The molecule has 2 saturated heterocycles. The highest BCUT2D eigenvalue weighted by Gasteiger charge is 2.51. The summed E-state index contributed by atoms with van der Waals surface area (Å²) in [6.07, 6.45) is -5.18. The van der Waals surface area contributed by atoms with Crippen LogP contribution in [0.15, 0.2) is 67.0 Å². The molecule has 304 valence electrons. The van der Waals surface area contributed by atoms with E-state index in [1.54, 1.807) is 6.92 Å². The van der Waals surface area contributed by atoms with Crippen molar-refractivity contribution in [1.82, 2.24) is 40.8 Å². The van der Waals surface area contributed by atoms with E-state index in [1.165, 1.54) is 10.9 Å². The summed E-state index contributed by atoms with van der Waals surface area (Å²) in [7, 11) is 0. The van der Waals surface area contributed by atoms with Crippen molar-refractivity contribution in [2.75, 3.05) is 42.9 Å². The van der Waals surface area contributed by atoms with Gasteiger partial charge in [0.25, 0.3) is 0 Å². The Morgan fingerprint density at radius 2 is 1.68 bits per heavy atom. The Morgan fingerprint density at radius 3 is 2.33 bits per heavy atom. The Kier molecular flexibility index (Phi) is 12.1. The number of anilines is 2. The second-order valence-corrected chi connectivity index (χ2v) is 14.7. The van der Waals surface area contributed by atoms with Gasteiger partial charge in [0.2, 0.25) is 11.9 Å². The van der Waals surface area contributed by atoms with Crippen LogP contribution in [0, 0.1) is 0 Å². The number of fused-ring (bicyclic) bond motifs is 1. The van der Waals surface area contributed by atoms with Crippen molar-refractivity contribution >= 4 is 40.8 Å². The summed E-state index contributed by atoms with van der Waals surface area (Å²) in [5.74, 6) is -2.18. The number of esters is 1. The average Bonchev–Trinajstić information content (AvgIpc) is 4.03. The minimum atomic E-state index is -5.32. The molecule has 7 rings (SSSR count). The van der Waals surface area contributed by atoms with Crippen molar-refractivity contribution in [2.45, 2.75) is 87.5 Å². The van der Waals surface area contributed by atoms with Crippen LogP contribution in [0.25, 0.3) is 11.2 Å². The maximum absolute atomic E-state index is 13.5. The molecule has 6 N–H and O–H groups in total. The topological polar surface area (TPSA) is 188 Å². The quantitative estimate of drug-likeness (QED) is 0.109. The average molecular weight is 793 g/mol. The van der Waals surface area contributed by atoms with Gasteiger partial charge in [-0.2, -0.15) is 23.1 Å². The smallest absolute Gasteiger partial charge is 0.451 e. The molecular formula is C39H47F3N10O5. The Balaban J connectivity index is 1.20. The number of amides is 3. The Labute approximate surface area is 327 Å². The summed E-state index contributed by atoms with van der Waals surface area (Å²) in [4.78, 5) is 53.5. The van der Waals surface area contributed by atoms with Crippen LogP contribution in [-0.4, -0.2) is 112 Å². The number of hydrogen-bond donors (Lipinski definition) is 6. The molecule has 3 amide bonds. The van der Waals surface area contributed by atoms with Crippen molar-refractivity contribution in [1.29, 1.82) is 0 Å². The molecule has 2 aliphatic heterocycles. The van der Waals surface area contributed by atoms with Gasteiger partial charge < -0.3 is 45.9 Å². The zero-order valence-corrected chi connectivity index (χ0v) is 31.4. The SMILES string of the molecule is CCC(=O)N[C@H]1C[C@@H](n2cnc3c(NCCC(c4ccccc4)c4ccccc4)nc(N4CC[C@@H](NC(=O)N[C@@H]5CCNC5)C4)nc32)[C@H](OC(=O)C(F)(F)F)[C@@H]1O. The largest absolute Gasteiger partial charge is 0.490 e. The van der Waals surface area contributed by atoms with Gasteiger partial charge in [-0.15, -0.1) is 0 Å².